The highest BCUT2D eigenvalue weighted by atomic mass is 16.5. The largest absolute Gasteiger partial charge is 0.378 e. The van der Waals surface area contributed by atoms with E-state index < -0.39 is 0 Å². The van der Waals surface area contributed by atoms with Gasteiger partial charge in [-0.25, -0.2) is 0 Å². The SMILES string of the molecule is O=C(CCC1CCCO1)C1OCCc2ccccc21. The summed E-state index contributed by atoms with van der Waals surface area (Å²) in [7, 11) is 0. The molecule has 3 heteroatoms. The number of Topliss-reactive ketones (excluding diaryl/α,β-unsaturated/α-hetero) is 1. The Bertz CT molecular complexity index is 449. The average molecular weight is 260 g/mol. The molecule has 0 N–H and O–H groups in total. The summed E-state index contributed by atoms with van der Waals surface area (Å²) in [6.07, 6.45) is 4.45. The van der Waals surface area contributed by atoms with E-state index in [1.54, 1.807) is 0 Å². The molecule has 2 unspecified atom stereocenters. The van der Waals surface area contributed by atoms with Crippen molar-refractivity contribution < 1.29 is 14.3 Å². The maximum Gasteiger partial charge on any atom is 0.166 e. The van der Waals surface area contributed by atoms with Gasteiger partial charge in [0.05, 0.1) is 12.7 Å². The van der Waals surface area contributed by atoms with Crippen LogP contribution < -0.4 is 0 Å². The fourth-order valence-corrected chi connectivity index (χ4v) is 2.97. The van der Waals surface area contributed by atoms with Crippen molar-refractivity contribution in [1.82, 2.24) is 0 Å². The third kappa shape index (κ3) is 2.88. The van der Waals surface area contributed by atoms with Gasteiger partial charge < -0.3 is 9.47 Å². The van der Waals surface area contributed by atoms with Gasteiger partial charge in [-0.2, -0.15) is 0 Å². The van der Waals surface area contributed by atoms with Crippen LogP contribution in [0.3, 0.4) is 0 Å². The molecule has 3 nitrogen and oxygen atoms in total. The van der Waals surface area contributed by atoms with Crippen molar-refractivity contribution in [2.75, 3.05) is 13.2 Å². The minimum atomic E-state index is -0.355. The third-order valence-corrected chi connectivity index (χ3v) is 4.02. The molecule has 0 bridgehead atoms. The highest BCUT2D eigenvalue weighted by Crippen LogP contribution is 2.29. The normalized spacial score (nSPS) is 26.1. The minimum Gasteiger partial charge on any atom is -0.378 e. The van der Waals surface area contributed by atoms with E-state index in [1.165, 1.54) is 5.56 Å². The van der Waals surface area contributed by atoms with Crippen LogP contribution in [0.15, 0.2) is 24.3 Å². The Hall–Kier alpha value is -1.19. The van der Waals surface area contributed by atoms with Gasteiger partial charge in [0.1, 0.15) is 6.10 Å². The zero-order valence-corrected chi connectivity index (χ0v) is 11.1. The van der Waals surface area contributed by atoms with E-state index in [0.29, 0.717) is 13.0 Å². The summed E-state index contributed by atoms with van der Waals surface area (Å²) in [4.78, 5) is 12.3. The molecule has 0 saturated carbocycles. The molecule has 0 amide bonds. The zero-order valence-electron chi connectivity index (χ0n) is 11.1. The van der Waals surface area contributed by atoms with Crippen molar-refractivity contribution >= 4 is 5.78 Å². The molecule has 102 valence electrons. The Morgan fingerprint density at radius 3 is 2.95 bits per heavy atom. The second-order valence-corrected chi connectivity index (χ2v) is 5.34. The number of ketones is 1. The molecular weight excluding hydrogens is 240 g/mol. The summed E-state index contributed by atoms with van der Waals surface area (Å²) in [6, 6.07) is 8.12. The van der Waals surface area contributed by atoms with Crippen LogP contribution in [0.4, 0.5) is 0 Å². The number of benzene rings is 1. The smallest absolute Gasteiger partial charge is 0.166 e. The lowest BCUT2D eigenvalue weighted by atomic mass is 9.93. The van der Waals surface area contributed by atoms with E-state index in [2.05, 4.69) is 6.07 Å². The number of carbonyl (C=O) groups excluding carboxylic acids is 1. The molecule has 2 aliphatic heterocycles. The number of fused-ring (bicyclic) bond motifs is 1. The molecule has 2 atom stereocenters. The van der Waals surface area contributed by atoms with Crippen molar-refractivity contribution in [2.24, 2.45) is 0 Å². The summed E-state index contributed by atoms with van der Waals surface area (Å²) in [5.74, 6) is 0.197. The van der Waals surface area contributed by atoms with E-state index >= 15 is 0 Å². The van der Waals surface area contributed by atoms with Gasteiger partial charge in [0.25, 0.3) is 0 Å². The van der Waals surface area contributed by atoms with E-state index in [1.807, 2.05) is 18.2 Å². The highest BCUT2D eigenvalue weighted by molar-refractivity contribution is 5.85. The first kappa shape index (κ1) is 12.8. The van der Waals surface area contributed by atoms with Gasteiger partial charge in [-0.15, -0.1) is 0 Å². The Labute approximate surface area is 113 Å². The second-order valence-electron chi connectivity index (χ2n) is 5.34. The molecule has 1 aromatic carbocycles. The molecule has 2 aliphatic rings. The molecule has 1 aromatic rings. The van der Waals surface area contributed by atoms with Crippen LogP contribution in [-0.2, 0) is 20.7 Å². The summed E-state index contributed by atoms with van der Waals surface area (Å²) in [5, 5.41) is 0. The lowest BCUT2D eigenvalue weighted by Gasteiger charge is -2.25. The van der Waals surface area contributed by atoms with Gasteiger partial charge in [0.2, 0.25) is 0 Å². The first-order chi connectivity index (χ1) is 9.34. The van der Waals surface area contributed by atoms with Crippen LogP contribution in [0.1, 0.15) is 42.9 Å². The highest BCUT2D eigenvalue weighted by Gasteiger charge is 2.27. The fraction of sp³-hybridized carbons (Fsp3) is 0.562. The van der Waals surface area contributed by atoms with Gasteiger partial charge >= 0.3 is 0 Å². The van der Waals surface area contributed by atoms with Crippen molar-refractivity contribution in [3.8, 4) is 0 Å². The third-order valence-electron chi connectivity index (χ3n) is 4.02. The monoisotopic (exact) mass is 260 g/mol. The maximum atomic E-state index is 12.3. The van der Waals surface area contributed by atoms with Gasteiger partial charge in [-0.1, -0.05) is 24.3 Å². The number of hydrogen-bond acceptors (Lipinski definition) is 3. The standard InChI is InChI=1S/C16H20O3/c17-15(8-7-13-5-3-10-18-13)16-14-6-2-1-4-12(14)9-11-19-16/h1-2,4,6,13,16H,3,5,7-11H2. The first-order valence-corrected chi connectivity index (χ1v) is 7.18. The number of carbonyl (C=O) groups is 1. The number of hydrogen-bond donors (Lipinski definition) is 0. The topological polar surface area (TPSA) is 35.5 Å². The summed E-state index contributed by atoms with van der Waals surface area (Å²) < 4.78 is 11.3. The van der Waals surface area contributed by atoms with Gasteiger partial charge in [-0.3, -0.25) is 4.79 Å². The molecule has 0 aromatic heterocycles. The van der Waals surface area contributed by atoms with Crippen LogP contribution in [-0.4, -0.2) is 25.1 Å². The summed E-state index contributed by atoms with van der Waals surface area (Å²) in [5.41, 5.74) is 2.32. The Morgan fingerprint density at radius 1 is 1.21 bits per heavy atom. The molecule has 1 fully saturated rings. The Balaban J connectivity index is 1.64. The van der Waals surface area contributed by atoms with Crippen molar-refractivity contribution in [1.29, 1.82) is 0 Å². The summed E-state index contributed by atoms with van der Waals surface area (Å²) >= 11 is 0. The van der Waals surface area contributed by atoms with Gasteiger partial charge in [-0.05, 0) is 36.8 Å². The molecule has 0 aliphatic carbocycles. The van der Waals surface area contributed by atoms with Crippen LogP contribution in [0.2, 0.25) is 0 Å². The molecule has 19 heavy (non-hydrogen) atoms. The van der Waals surface area contributed by atoms with E-state index in [9.17, 15) is 4.79 Å². The van der Waals surface area contributed by atoms with Crippen LogP contribution in [0.25, 0.3) is 0 Å². The predicted octanol–water partition coefficient (Wildman–Crippen LogP) is 2.83. The van der Waals surface area contributed by atoms with Crippen molar-refractivity contribution in [3.05, 3.63) is 35.4 Å². The maximum absolute atomic E-state index is 12.3. The van der Waals surface area contributed by atoms with Crippen molar-refractivity contribution in [2.45, 2.75) is 44.3 Å². The molecule has 3 rings (SSSR count). The number of rotatable bonds is 4. The molecule has 0 spiro atoms. The predicted molar refractivity (Wildman–Crippen MR) is 72.1 cm³/mol. The lowest BCUT2D eigenvalue weighted by Crippen LogP contribution is -2.24. The molecule has 2 heterocycles. The van der Waals surface area contributed by atoms with Gasteiger partial charge in [0.15, 0.2) is 5.78 Å². The quantitative estimate of drug-likeness (QED) is 0.835. The van der Waals surface area contributed by atoms with Crippen LogP contribution in [0, 0.1) is 0 Å². The Kier molecular flexibility index (Phi) is 3.95. The second kappa shape index (κ2) is 5.85. The molecule has 0 radical (unpaired) electrons. The van der Waals surface area contributed by atoms with E-state index in [0.717, 1.165) is 37.9 Å². The van der Waals surface area contributed by atoms with E-state index in [4.69, 9.17) is 9.47 Å². The first-order valence-electron chi connectivity index (χ1n) is 7.18. The average Bonchev–Trinajstić information content (AvgIpc) is 2.97. The minimum absolute atomic E-state index is 0.197. The fourth-order valence-electron chi connectivity index (χ4n) is 2.97. The number of ether oxygens (including phenoxy) is 2. The van der Waals surface area contributed by atoms with E-state index in [-0.39, 0.29) is 18.0 Å². The summed E-state index contributed by atoms with van der Waals surface area (Å²) in [6.45, 7) is 1.50. The van der Waals surface area contributed by atoms with Crippen LogP contribution >= 0.6 is 0 Å². The lowest BCUT2D eigenvalue weighted by molar-refractivity contribution is -0.132. The molecule has 1 saturated heterocycles. The van der Waals surface area contributed by atoms with Crippen LogP contribution in [0.5, 0.6) is 0 Å². The zero-order chi connectivity index (χ0) is 13.1. The van der Waals surface area contributed by atoms with Crippen molar-refractivity contribution in [3.63, 3.8) is 0 Å². The molecular formula is C16H20O3. The van der Waals surface area contributed by atoms with Gasteiger partial charge in [0, 0.05) is 13.0 Å². The Morgan fingerprint density at radius 2 is 2.11 bits per heavy atom.